The van der Waals surface area contributed by atoms with Crippen LogP contribution in [0.15, 0.2) is 77.3 Å². The summed E-state index contributed by atoms with van der Waals surface area (Å²) in [6, 6.07) is 16.5. The van der Waals surface area contributed by atoms with E-state index >= 15 is 0 Å². The Balaban J connectivity index is 1.65. The van der Waals surface area contributed by atoms with E-state index in [-0.39, 0.29) is 10.7 Å². The number of nitrogens with one attached hydrogen (secondary N) is 1. The van der Waals surface area contributed by atoms with Crippen molar-refractivity contribution in [2.24, 2.45) is 5.10 Å². The SMILES string of the molecule is FC(F)(F)c1ccc(Cl)c(N/N=C\c2cn(-c3cccs3)nc2-c2ccccc2)c1. The highest BCUT2D eigenvalue weighted by atomic mass is 35.5. The summed E-state index contributed by atoms with van der Waals surface area (Å²) in [4.78, 5) is 0. The van der Waals surface area contributed by atoms with Crippen LogP contribution in [-0.2, 0) is 6.18 Å². The Morgan fingerprint density at radius 3 is 2.57 bits per heavy atom. The number of hydrogen-bond acceptors (Lipinski definition) is 4. The molecule has 4 aromatic rings. The van der Waals surface area contributed by atoms with E-state index in [0.717, 1.165) is 22.7 Å². The van der Waals surface area contributed by atoms with Crippen molar-refractivity contribution in [2.45, 2.75) is 6.18 Å². The molecule has 4 nitrogen and oxygen atoms in total. The maximum Gasteiger partial charge on any atom is 0.416 e. The van der Waals surface area contributed by atoms with E-state index in [4.69, 9.17) is 11.6 Å². The lowest BCUT2D eigenvalue weighted by atomic mass is 10.1. The van der Waals surface area contributed by atoms with Gasteiger partial charge in [-0.15, -0.1) is 11.3 Å². The third-order valence-electron chi connectivity index (χ3n) is 4.20. The van der Waals surface area contributed by atoms with Crippen molar-refractivity contribution in [2.75, 3.05) is 5.43 Å². The number of aromatic nitrogens is 2. The molecule has 0 radical (unpaired) electrons. The Kier molecular flexibility index (Phi) is 5.61. The molecule has 0 saturated heterocycles. The third kappa shape index (κ3) is 4.39. The van der Waals surface area contributed by atoms with Gasteiger partial charge in [0.15, 0.2) is 0 Å². The van der Waals surface area contributed by atoms with Gasteiger partial charge in [-0.2, -0.15) is 23.4 Å². The molecule has 0 aliphatic carbocycles. The fraction of sp³-hybridized carbons (Fsp3) is 0.0476. The Bertz CT molecular complexity index is 1170. The first-order valence-electron chi connectivity index (χ1n) is 8.76. The minimum absolute atomic E-state index is 0.0645. The van der Waals surface area contributed by atoms with Crippen LogP contribution in [0.1, 0.15) is 11.1 Å². The predicted octanol–water partition coefficient (Wildman–Crippen LogP) is 6.72. The highest BCUT2D eigenvalue weighted by Gasteiger charge is 2.30. The van der Waals surface area contributed by atoms with Gasteiger partial charge < -0.3 is 0 Å². The highest BCUT2D eigenvalue weighted by Crippen LogP contribution is 2.34. The normalized spacial score (nSPS) is 11.9. The van der Waals surface area contributed by atoms with Crippen molar-refractivity contribution in [1.29, 1.82) is 0 Å². The van der Waals surface area contributed by atoms with Crippen LogP contribution < -0.4 is 5.43 Å². The number of benzene rings is 2. The Morgan fingerprint density at radius 2 is 1.87 bits per heavy atom. The topological polar surface area (TPSA) is 42.2 Å². The quantitative estimate of drug-likeness (QED) is 0.273. The highest BCUT2D eigenvalue weighted by molar-refractivity contribution is 7.12. The van der Waals surface area contributed by atoms with E-state index in [2.05, 4.69) is 15.6 Å². The van der Waals surface area contributed by atoms with Gasteiger partial charge in [0.2, 0.25) is 0 Å². The van der Waals surface area contributed by atoms with Crippen molar-refractivity contribution in [3.63, 3.8) is 0 Å². The van der Waals surface area contributed by atoms with Crippen LogP contribution in [0.3, 0.4) is 0 Å². The molecular weight excluding hydrogens is 433 g/mol. The van der Waals surface area contributed by atoms with Crippen molar-refractivity contribution in [3.05, 3.63) is 88.4 Å². The summed E-state index contributed by atoms with van der Waals surface area (Å²) < 4.78 is 40.6. The van der Waals surface area contributed by atoms with Gasteiger partial charge in [0.05, 0.1) is 22.5 Å². The minimum atomic E-state index is -4.47. The van der Waals surface area contributed by atoms with Crippen molar-refractivity contribution in [3.8, 4) is 16.3 Å². The molecule has 9 heteroatoms. The number of rotatable bonds is 5. The lowest BCUT2D eigenvalue weighted by Gasteiger charge is -2.09. The largest absolute Gasteiger partial charge is 0.416 e. The third-order valence-corrected chi connectivity index (χ3v) is 5.39. The molecule has 1 N–H and O–H groups in total. The van der Waals surface area contributed by atoms with E-state index < -0.39 is 11.7 Å². The van der Waals surface area contributed by atoms with E-state index in [9.17, 15) is 13.2 Å². The van der Waals surface area contributed by atoms with Gasteiger partial charge >= 0.3 is 6.18 Å². The molecule has 30 heavy (non-hydrogen) atoms. The Hall–Kier alpha value is -3.10. The molecular formula is C21H14ClF3N4S. The molecule has 0 saturated carbocycles. The van der Waals surface area contributed by atoms with Crippen LogP contribution in [0, 0.1) is 0 Å². The Labute approximate surface area is 179 Å². The average Bonchev–Trinajstić information content (AvgIpc) is 3.39. The second-order valence-electron chi connectivity index (χ2n) is 6.26. The number of hydrogen-bond donors (Lipinski definition) is 1. The monoisotopic (exact) mass is 446 g/mol. The van der Waals surface area contributed by atoms with Gasteiger partial charge in [-0.1, -0.05) is 41.9 Å². The van der Waals surface area contributed by atoms with E-state index in [0.29, 0.717) is 11.3 Å². The maximum absolute atomic E-state index is 12.9. The first-order valence-corrected chi connectivity index (χ1v) is 10.0. The second-order valence-corrected chi connectivity index (χ2v) is 7.59. The van der Waals surface area contributed by atoms with Crippen LogP contribution >= 0.6 is 22.9 Å². The Morgan fingerprint density at radius 1 is 1.07 bits per heavy atom. The fourth-order valence-electron chi connectivity index (χ4n) is 2.77. The molecule has 2 heterocycles. The summed E-state index contributed by atoms with van der Waals surface area (Å²) >= 11 is 7.54. The number of hydrazone groups is 1. The van der Waals surface area contributed by atoms with Gasteiger partial charge in [0, 0.05) is 17.3 Å². The molecule has 0 amide bonds. The molecule has 2 aromatic carbocycles. The van der Waals surface area contributed by atoms with Gasteiger partial charge in [-0.3, -0.25) is 5.43 Å². The standard InChI is InChI=1S/C21H14ClF3N4S/c22-17-9-8-16(21(23,24)25)11-18(17)27-26-12-15-13-29(19-7-4-10-30-19)28-20(15)14-5-2-1-3-6-14/h1-13,27H/b26-12-. The summed E-state index contributed by atoms with van der Waals surface area (Å²) in [5, 5.41) is 11.8. The zero-order valence-corrected chi connectivity index (χ0v) is 16.8. The summed E-state index contributed by atoms with van der Waals surface area (Å²) in [5.74, 6) is 0. The van der Waals surface area contributed by atoms with Gasteiger partial charge in [0.25, 0.3) is 0 Å². The van der Waals surface area contributed by atoms with Crippen molar-refractivity contribution >= 4 is 34.8 Å². The zero-order chi connectivity index (χ0) is 21.1. The lowest BCUT2D eigenvalue weighted by molar-refractivity contribution is -0.137. The minimum Gasteiger partial charge on any atom is -0.277 e. The van der Waals surface area contributed by atoms with Crippen molar-refractivity contribution in [1.82, 2.24) is 9.78 Å². The van der Waals surface area contributed by atoms with Crippen LogP contribution in [0.5, 0.6) is 0 Å². The summed E-state index contributed by atoms with van der Waals surface area (Å²) in [7, 11) is 0. The molecule has 0 aliphatic rings. The molecule has 0 fully saturated rings. The molecule has 2 aromatic heterocycles. The smallest absolute Gasteiger partial charge is 0.277 e. The van der Waals surface area contributed by atoms with Crippen LogP contribution in [0.4, 0.5) is 18.9 Å². The zero-order valence-electron chi connectivity index (χ0n) is 15.3. The van der Waals surface area contributed by atoms with Crippen LogP contribution in [0.25, 0.3) is 16.3 Å². The molecule has 152 valence electrons. The van der Waals surface area contributed by atoms with Gasteiger partial charge in [-0.25, -0.2) is 4.68 Å². The number of halogens is 4. The summed E-state index contributed by atoms with van der Waals surface area (Å²) in [5.41, 5.74) is 4.15. The number of nitrogens with zero attached hydrogens (tertiary/aromatic N) is 3. The number of thiophene rings is 1. The summed E-state index contributed by atoms with van der Waals surface area (Å²) in [6.07, 6.45) is -1.14. The van der Waals surface area contributed by atoms with E-state index in [1.54, 1.807) is 4.68 Å². The van der Waals surface area contributed by atoms with E-state index in [1.165, 1.54) is 23.6 Å². The number of alkyl halides is 3. The maximum atomic E-state index is 12.9. The predicted molar refractivity (Wildman–Crippen MR) is 115 cm³/mol. The molecule has 0 unspecified atom stereocenters. The second kappa shape index (κ2) is 8.33. The number of anilines is 1. The molecule has 0 aliphatic heterocycles. The van der Waals surface area contributed by atoms with Crippen molar-refractivity contribution < 1.29 is 13.2 Å². The van der Waals surface area contributed by atoms with Crippen LogP contribution in [0.2, 0.25) is 5.02 Å². The molecule has 4 rings (SSSR count). The van der Waals surface area contributed by atoms with Crippen LogP contribution in [-0.4, -0.2) is 16.0 Å². The van der Waals surface area contributed by atoms with Gasteiger partial charge in [0.1, 0.15) is 10.7 Å². The summed E-state index contributed by atoms with van der Waals surface area (Å²) in [6.45, 7) is 0. The van der Waals surface area contributed by atoms with E-state index in [1.807, 2.05) is 54.0 Å². The molecule has 0 spiro atoms. The fourth-order valence-corrected chi connectivity index (χ4v) is 3.59. The first-order chi connectivity index (χ1) is 14.4. The molecule has 0 bridgehead atoms. The lowest BCUT2D eigenvalue weighted by Crippen LogP contribution is -2.05. The van der Waals surface area contributed by atoms with Gasteiger partial charge in [-0.05, 0) is 35.7 Å². The average molecular weight is 447 g/mol. The molecule has 0 atom stereocenters. The first kappa shape index (κ1) is 20.2.